The Kier molecular flexibility index (Phi) is 7.57. The van der Waals surface area contributed by atoms with E-state index in [0.29, 0.717) is 39.9 Å². The summed E-state index contributed by atoms with van der Waals surface area (Å²) < 4.78 is 17.1. The standard InChI is InChI=1S/C22H25N5O6/c1-13-15(5-8-28)22(30)27(21(25-13)16-11-23-6-7-24-16)12-19(29)26-14-9-17(31-2)20(33-4)18(10-14)32-3/h6-7,9-11,28H,5,8,12H2,1-4H3,(H,26,29). The first-order chi connectivity index (χ1) is 15.9. The summed E-state index contributed by atoms with van der Waals surface area (Å²) in [6.45, 7) is 1.11. The number of carbonyl (C=O) groups excluding carboxylic acids is 1. The maximum atomic E-state index is 13.2. The summed E-state index contributed by atoms with van der Waals surface area (Å²) in [5.41, 5.74) is 1.08. The van der Waals surface area contributed by atoms with Crippen LogP contribution in [0.3, 0.4) is 0 Å². The van der Waals surface area contributed by atoms with Crippen molar-refractivity contribution in [2.45, 2.75) is 19.9 Å². The highest BCUT2D eigenvalue weighted by Crippen LogP contribution is 2.39. The highest BCUT2D eigenvalue weighted by Gasteiger charge is 2.20. The largest absolute Gasteiger partial charge is 0.493 e. The molecule has 0 aliphatic heterocycles. The Balaban J connectivity index is 2.00. The lowest BCUT2D eigenvalue weighted by molar-refractivity contribution is -0.116. The van der Waals surface area contributed by atoms with Gasteiger partial charge in [0.2, 0.25) is 11.7 Å². The van der Waals surface area contributed by atoms with Gasteiger partial charge in [-0.2, -0.15) is 0 Å². The number of aromatic nitrogens is 4. The second kappa shape index (κ2) is 10.6. The Bertz CT molecular complexity index is 1170. The fraction of sp³-hybridized carbons (Fsp3) is 0.318. The molecule has 0 atom stereocenters. The normalized spacial score (nSPS) is 10.6. The number of hydrogen-bond acceptors (Lipinski definition) is 9. The molecule has 0 aliphatic carbocycles. The van der Waals surface area contributed by atoms with Crippen LogP contribution >= 0.6 is 0 Å². The molecule has 0 spiro atoms. The molecule has 0 unspecified atom stereocenters. The van der Waals surface area contributed by atoms with Crippen molar-refractivity contribution in [1.82, 2.24) is 19.5 Å². The molecule has 174 valence electrons. The number of amides is 1. The first-order valence-electron chi connectivity index (χ1n) is 10.0. The minimum atomic E-state index is -0.489. The van der Waals surface area contributed by atoms with E-state index in [1.807, 2.05) is 0 Å². The van der Waals surface area contributed by atoms with E-state index in [1.54, 1.807) is 19.1 Å². The van der Waals surface area contributed by atoms with Gasteiger partial charge in [0.25, 0.3) is 5.56 Å². The highest BCUT2D eigenvalue weighted by atomic mass is 16.5. The van der Waals surface area contributed by atoms with E-state index in [-0.39, 0.29) is 25.4 Å². The number of carbonyl (C=O) groups is 1. The number of anilines is 1. The summed E-state index contributed by atoms with van der Waals surface area (Å²) in [5.74, 6) is 0.832. The minimum absolute atomic E-state index is 0.118. The van der Waals surface area contributed by atoms with Gasteiger partial charge < -0.3 is 24.6 Å². The lowest BCUT2D eigenvalue weighted by atomic mass is 10.1. The number of benzene rings is 1. The third kappa shape index (κ3) is 5.09. The number of aliphatic hydroxyl groups is 1. The summed E-state index contributed by atoms with van der Waals surface area (Å²) >= 11 is 0. The summed E-state index contributed by atoms with van der Waals surface area (Å²) in [7, 11) is 4.42. The molecule has 3 rings (SSSR count). The number of aliphatic hydroxyl groups excluding tert-OH is 1. The third-order valence-corrected chi connectivity index (χ3v) is 4.87. The summed E-state index contributed by atoms with van der Waals surface area (Å²) in [6, 6.07) is 3.16. The van der Waals surface area contributed by atoms with E-state index in [9.17, 15) is 14.7 Å². The molecule has 0 bridgehead atoms. The average Bonchev–Trinajstić information content (AvgIpc) is 2.83. The molecule has 11 heteroatoms. The van der Waals surface area contributed by atoms with Gasteiger partial charge >= 0.3 is 0 Å². The number of aryl methyl sites for hydroxylation is 1. The Labute approximate surface area is 190 Å². The first kappa shape index (κ1) is 23.7. The van der Waals surface area contributed by atoms with Crippen molar-refractivity contribution in [2.24, 2.45) is 0 Å². The molecule has 2 aromatic heterocycles. The van der Waals surface area contributed by atoms with E-state index < -0.39 is 11.5 Å². The van der Waals surface area contributed by atoms with Crippen LogP contribution in [-0.2, 0) is 17.8 Å². The van der Waals surface area contributed by atoms with Crippen LogP contribution in [0.5, 0.6) is 17.2 Å². The predicted octanol–water partition coefficient (Wildman–Crippen LogP) is 1.21. The van der Waals surface area contributed by atoms with Crippen molar-refractivity contribution in [2.75, 3.05) is 33.3 Å². The maximum absolute atomic E-state index is 13.2. The van der Waals surface area contributed by atoms with Gasteiger partial charge in [0.15, 0.2) is 17.3 Å². The van der Waals surface area contributed by atoms with E-state index in [0.717, 1.165) is 0 Å². The van der Waals surface area contributed by atoms with E-state index in [1.165, 1.54) is 44.5 Å². The third-order valence-electron chi connectivity index (χ3n) is 4.87. The van der Waals surface area contributed by atoms with E-state index in [4.69, 9.17) is 14.2 Å². The van der Waals surface area contributed by atoms with Gasteiger partial charge in [0.1, 0.15) is 12.2 Å². The summed E-state index contributed by atoms with van der Waals surface area (Å²) in [6.07, 6.45) is 4.54. The van der Waals surface area contributed by atoms with Crippen LogP contribution < -0.4 is 25.1 Å². The van der Waals surface area contributed by atoms with Gasteiger partial charge in [-0.3, -0.25) is 19.1 Å². The van der Waals surface area contributed by atoms with Crippen LogP contribution in [0.2, 0.25) is 0 Å². The Morgan fingerprint density at radius 2 is 1.82 bits per heavy atom. The molecule has 33 heavy (non-hydrogen) atoms. The van der Waals surface area contributed by atoms with Crippen molar-refractivity contribution in [3.05, 3.63) is 52.3 Å². The van der Waals surface area contributed by atoms with E-state index >= 15 is 0 Å². The van der Waals surface area contributed by atoms with Crippen molar-refractivity contribution in [1.29, 1.82) is 0 Å². The SMILES string of the molecule is COc1cc(NC(=O)Cn2c(-c3cnccn3)nc(C)c(CCO)c2=O)cc(OC)c1OC. The predicted molar refractivity (Wildman–Crippen MR) is 120 cm³/mol. The molecular formula is C22H25N5O6. The summed E-state index contributed by atoms with van der Waals surface area (Å²) in [5, 5.41) is 12.1. The zero-order valence-electron chi connectivity index (χ0n) is 18.8. The molecule has 2 N–H and O–H groups in total. The second-order valence-corrected chi connectivity index (χ2v) is 6.92. The molecule has 0 aliphatic rings. The molecule has 11 nitrogen and oxygen atoms in total. The number of nitrogens with zero attached hydrogens (tertiary/aromatic N) is 4. The molecule has 0 saturated carbocycles. The topological polar surface area (TPSA) is 138 Å². The number of hydrogen-bond donors (Lipinski definition) is 2. The number of methoxy groups -OCH3 is 3. The molecule has 2 heterocycles. The van der Waals surface area contributed by atoms with Crippen molar-refractivity contribution in [3.63, 3.8) is 0 Å². The molecule has 0 saturated heterocycles. The maximum Gasteiger partial charge on any atom is 0.257 e. The van der Waals surface area contributed by atoms with Gasteiger partial charge in [0.05, 0.1) is 27.5 Å². The van der Waals surface area contributed by atoms with Gasteiger partial charge in [-0.25, -0.2) is 9.97 Å². The fourth-order valence-corrected chi connectivity index (χ4v) is 3.35. The van der Waals surface area contributed by atoms with Crippen LogP contribution in [0.1, 0.15) is 11.3 Å². The van der Waals surface area contributed by atoms with Crippen molar-refractivity contribution < 1.29 is 24.1 Å². The highest BCUT2D eigenvalue weighted by molar-refractivity contribution is 5.91. The van der Waals surface area contributed by atoms with Gasteiger partial charge in [0, 0.05) is 54.5 Å². The minimum Gasteiger partial charge on any atom is -0.493 e. The van der Waals surface area contributed by atoms with Crippen LogP contribution in [-0.4, -0.2) is 58.5 Å². The van der Waals surface area contributed by atoms with Crippen LogP contribution in [0.25, 0.3) is 11.5 Å². The van der Waals surface area contributed by atoms with Crippen molar-refractivity contribution in [3.8, 4) is 28.8 Å². The molecule has 1 aromatic carbocycles. The van der Waals surface area contributed by atoms with Crippen LogP contribution in [0, 0.1) is 6.92 Å². The van der Waals surface area contributed by atoms with Gasteiger partial charge in [-0.15, -0.1) is 0 Å². The molecule has 3 aromatic rings. The molecule has 1 amide bonds. The molecular weight excluding hydrogens is 430 g/mol. The zero-order chi connectivity index (χ0) is 24.0. The summed E-state index contributed by atoms with van der Waals surface area (Å²) in [4.78, 5) is 38.8. The monoisotopic (exact) mass is 455 g/mol. The lowest BCUT2D eigenvalue weighted by Gasteiger charge is -2.16. The van der Waals surface area contributed by atoms with Crippen molar-refractivity contribution >= 4 is 11.6 Å². The number of nitrogens with one attached hydrogen (secondary N) is 1. The lowest BCUT2D eigenvalue weighted by Crippen LogP contribution is -2.33. The Morgan fingerprint density at radius 3 is 2.36 bits per heavy atom. The quantitative estimate of drug-likeness (QED) is 0.487. The Morgan fingerprint density at radius 1 is 1.12 bits per heavy atom. The van der Waals surface area contributed by atoms with Crippen LogP contribution in [0.4, 0.5) is 5.69 Å². The average molecular weight is 455 g/mol. The number of ether oxygens (including phenoxy) is 3. The molecule has 0 radical (unpaired) electrons. The second-order valence-electron chi connectivity index (χ2n) is 6.92. The Hall–Kier alpha value is -3.99. The van der Waals surface area contributed by atoms with Gasteiger partial charge in [-0.05, 0) is 6.92 Å². The first-order valence-corrected chi connectivity index (χ1v) is 10.0. The van der Waals surface area contributed by atoms with Crippen LogP contribution in [0.15, 0.2) is 35.5 Å². The molecule has 0 fully saturated rings. The van der Waals surface area contributed by atoms with Gasteiger partial charge in [-0.1, -0.05) is 0 Å². The fourth-order valence-electron chi connectivity index (χ4n) is 3.35. The zero-order valence-corrected chi connectivity index (χ0v) is 18.8. The van der Waals surface area contributed by atoms with E-state index in [2.05, 4.69) is 20.3 Å². The number of rotatable bonds is 9. The smallest absolute Gasteiger partial charge is 0.257 e.